The van der Waals surface area contributed by atoms with E-state index >= 15 is 0 Å². The van der Waals surface area contributed by atoms with Crippen LogP contribution in [0.1, 0.15) is 18.4 Å². The molecule has 2 aromatic carbocycles. The molecule has 0 spiro atoms. The fourth-order valence-electron chi connectivity index (χ4n) is 4.13. The fraction of sp³-hybridized carbons (Fsp3) is 0.320. The number of nitrogens with one attached hydrogen (secondary N) is 1. The lowest BCUT2D eigenvalue weighted by Crippen LogP contribution is -2.34. The Kier molecular flexibility index (Phi) is 8.45. The number of benzene rings is 2. The molecule has 11 heteroatoms. The largest absolute Gasteiger partial charge is 0.490 e. The Balaban J connectivity index is 1.43. The molecule has 2 N–H and O–H groups in total. The van der Waals surface area contributed by atoms with Crippen LogP contribution in [0.5, 0.6) is 5.75 Å². The van der Waals surface area contributed by atoms with Gasteiger partial charge in [0.1, 0.15) is 5.82 Å². The third-order valence-electron chi connectivity index (χ3n) is 5.80. The topological polar surface area (TPSA) is 90.8 Å². The van der Waals surface area contributed by atoms with E-state index in [1.807, 2.05) is 0 Å². The van der Waals surface area contributed by atoms with Crippen LogP contribution in [0.2, 0.25) is 10.0 Å². The number of halogens is 3. The van der Waals surface area contributed by atoms with Crippen LogP contribution in [0.3, 0.4) is 0 Å². The summed E-state index contributed by atoms with van der Waals surface area (Å²) in [4.78, 5) is 23.6. The lowest BCUT2D eigenvalue weighted by Gasteiger charge is -2.29. The molecular weight excluding hydrogens is 508 g/mol. The van der Waals surface area contributed by atoms with E-state index < -0.39 is 11.9 Å². The zero-order valence-corrected chi connectivity index (χ0v) is 21.1. The summed E-state index contributed by atoms with van der Waals surface area (Å²) >= 11 is 12.1. The molecule has 0 aliphatic carbocycles. The van der Waals surface area contributed by atoms with Crippen molar-refractivity contribution in [2.45, 2.75) is 19.4 Å². The molecule has 2 heterocycles. The molecule has 1 aliphatic rings. The summed E-state index contributed by atoms with van der Waals surface area (Å²) in [5, 5.41) is 13.5. The van der Waals surface area contributed by atoms with Gasteiger partial charge in [-0.15, -0.1) is 0 Å². The van der Waals surface area contributed by atoms with Gasteiger partial charge in [-0.1, -0.05) is 23.2 Å². The van der Waals surface area contributed by atoms with Crippen LogP contribution in [0.15, 0.2) is 48.7 Å². The zero-order valence-electron chi connectivity index (χ0n) is 19.6. The fourth-order valence-corrected chi connectivity index (χ4v) is 4.70. The van der Waals surface area contributed by atoms with Crippen LogP contribution < -0.4 is 15.0 Å². The second-order valence-electron chi connectivity index (χ2n) is 8.74. The molecular formula is C25H26Cl2FN5O3. The Morgan fingerprint density at radius 2 is 2.03 bits per heavy atom. The average molecular weight is 534 g/mol. The predicted molar refractivity (Wildman–Crippen MR) is 138 cm³/mol. The van der Waals surface area contributed by atoms with Gasteiger partial charge in [-0.05, 0) is 68.4 Å². The van der Waals surface area contributed by atoms with Crippen molar-refractivity contribution in [2.24, 2.45) is 5.92 Å². The minimum absolute atomic E-state index is 0.0243. The van der Waals surface area contributed by atoms with E-state index in [4.69, 9.17) is 27.9 Å². The molecule has 1 amide bonds. The lowest BCUT2D eigenvalue weighted by molar-refractivity contribution is 0.147. The molecule has 0 radical (unpaired) electrons. The minimum Gasteiger partial charge on any atom is -0.490 e. The molecule has 1 aliphatic heterocycles. The van der Waals surface area contributed by atoms with E-state index in [2.05, 4.69) is 27.2 Å². The number of nitrogens with zero attached hydrogens (tertiary/aromatic N) is 4. The highest BCUT2D eigenvalue weighted by Crippen LogP contribution is 2.26. The molecule has 1 saturated heterocycles. The number of hydrogen-bond acceptors (Lipinski definition) is 6. The molecule has 0 saturated carbocycles. The van der Waals surface area contributed by atoms with Gasteiger partial charge in [0, 0.05) is 40.5 Å². The number of rotatable bonds is 8. The van der Waals surface area contributed by atoms with E-state index in [0.717, 1.165) is 30.8 Å². The maximum Gasteiger partial charge on any atom is 0.413 e. The summed E-state index contributed by atoms with van der Waals surface area (Å²) in [6, 6.07) is 10.8. The molecule has 4 rings (SSSR count). The Labute approximate surface area is 218 Å². The number of anilines is 3. The van der Waals surface area contributed by atoms with Gasteiger partial charge in [-0.2, -0.15) is 4.98 Å². The first-order valence-corrected chi connectivity index (χ1v) is 12.2. The molecule has 190 valence electrons. The zero-order chi connectivity index (χ0) is 25.7. The molecule has 8 nitrogen and oxygen atoms in total. The van der Waals surface area contributed by atoms with Gasteiger partial charge in [-0.3, -0.25) is 4.90 Å². The lowest BCUT2D eigenvalue weighted by atomic mass is 10.00. The number of carbonyl (C=O) groups is 1. The van der Waals surface area contributed by atoms with Gasteiger partial charge in [-0.25, -0.2) is 14.2 Å². The van der Waals surface area contributed by atoms with Crippen molar-refractivity contribution in [2.75, 3.05) is 37.0 Å². The van der Waals surface area contributed by atoms with Crippen LogP contribution in [-0.2, 0) is 6.54 Å². The molecule has 1 aromatic heterocycles. The van der Waals surface area contributed by atoms with Crippen molar-refractivity contribution in [1.29, 1.82) is 0 Å². The summed E-state index contributed by atoms with van der Waals surface area (Å²) in [6.45, 7) is 2.45. The maximum absolute atomic E-state index is 14.7. The van der Waals surface area contributed by atoms with Crippen molar-refractivity contribution >= 4 is 46.7 Å². The van der Waals surface area contributed by atoms with Gasteiger partial charge in [0.05, 0.1) is 13.2 Å². The van der Waals surface area contributed by atoms with Crippen LogP contribution >= 0.6 is 23.2 Å². The number of hydrogen-bond donors (Lipinski definition) is 2. The molecule has 1 unspecified atom stereocenters. The number of likely N-dealkylation sites (tertiary alicyclic amines) is 1. The first kappa shape index (κ1) is 25.9. The highest BCUT2D eigenvalue weighted by atomic mass is 35.5. The monoisotopic (exact) mass is 533 g/mol. The molecule has 0 bridgehead atoms. The maximum atomic E-state index is 14.7. The van der Waals surface area contributed by atoms with Gasteiger partial charge in [0.15, 0.2) is 11.6 Å². The molecule has 36 heavy (non-hydrogen) atoms. The van der Waals surface area contributed by atoms with Crippen molar-refractivity contribution in [1.82, 2.24) is 14.9 Å². The summed E-state index contributed by atoms with van der Waals surface area (Å²) in [5.74, 6) is 0.290. The third-order valence-corrected chi connectivity index (χ3v) is 6.23. The standard InChI is InChI=1S/C25H26Cl2FN5O3/c1-32-8-2-3-16(13-32)15-36-22-5-4-20(12-21(22)28)30-24-29-7-6-23(31-24)33(25(34)35)14-17-9-18(26)11-19(27)10-17/h4-7,9-12,16H,2-3,8,13-15H2,1H3,(H,34,35)(H,29,30,31). The Morgan fingerprint density at radius 1 is 1.25 bits per heavy atom. The van der Waals surface area contributed by atoms with Crippen LogP contribution in [-0.4, -0.2) is 52.8 Å². The quantitative estimate of drug-likeness (QED) is 0.363. The van der Waals surface area contributed by atoms with E-state index in [-0.39, 0.29) is 24.1 Å². The minimum atomic E-state index is -1.22. The van der Waals surface area contributed by atoms with E-state index in [1.165, 1.54) is 18.3 Å². The Hall–Kier alpha value is -3.14. The van der Waals surface area contributed by atoms with Gasteiger partial charge in [0.2, 0.25) is 5.95 Å². The highest BCUT2D eigenvalue weighted by Gasteiger charge is 2.20. The number of aromatic nitrogens is 2. The molecule has 3 aromatic rings. The van der Waals surface area contributed by atoms with Gasteiger partial charge < -0.3 is 20.1 Å². The van der Waals surface area contributed by atoms with Crippen molar-refractivity contribution in [3.8, 4) is 5.75 Å². The van der Waals surface area contributed by atoms with Crippen LogP contribution in [0, 0.1) is 11.7 Å². The van der Waals surface area contributed by atoms with Crippen molar-refractivity contribution in [3.05, 3.63) is 70.1 Å². The Morgan fingerprint density at radius 3 is 2.72 bits per heavy atom. The summed E-state index contributed by atoms with van der Waals surface area (Å²) in [6.07, 6.45) is 2.38. The second kappa shape index (κ2) is 11.7. The third kappa shape index (κ3) is 6.96. The van der Waals surface area contributed by atoms with Gasteiger partial charge in [0.25, 0.3) is 0 Å². The second-order valence-corrected chi connectivity index (χ2v) is 9.61. The van der Waals surface area contributed by atoms with E-state index in [0.29, 0.717) is 33.8 Å². The molecule has 1 atom stereocenters. The van der Waals surface area contributed by atoms with Gasteiger partial charge >= 0.3 is 6.09 Å². The number of carboxylic acid groups (broad SMARTS) is 1. The highest BCUT2D eigenvalue weighted by molar-refractivity contribution is 6.34. The SMILES string of the molecule is CN1CCCC(COc2ccc(Nc3nccc(N(Cc4cc(Cl)cc(Cl)c4)C(=O)O)n3)cc2F)C1. The smallest absolute Gasteiger partial charge is 0.413 e. The number of amides is 1. The number of piperidine rings is 1. The number of ether oxygens (including phenoxy) is 1. The van der Waals surface area contributed by atoms with Crippen molar-refractivity contribution < 1.29 is 19.0 Å². The summed E-state index contributed by atoms with van der Waals surface area (Å²) < 4.78 is 20.4. The normalized spacial score (nSPS) is 15.9. The summed E-state index contributed by atoms with van der Waals surface area (Å²) in [5.41, 5.74) is 0.999. The average Bonchev–Trinajstić information content (AvgIpc) is 2.81. The van der Waals surface area contributed by atoms with E-state index in [1.54, 1.807) is 30.3 Å². The van der Waals surface area contributed by atoms with Crippen molar-refractivity contribution in [3.63, 3.8) is 0 Å². The van der Waals surface area contributed by atoms with Crippen LogP contribution in [0.4, 0.5) is 26.6 Å². The van der Waals surface area contributed by atoms with Crippen LogP contribution in [0.25, 0.3) is 0 Å². The predicted octanol–water partition coefficient (Wildman–Crippen LogP) is 6.07. The Bertz CT molecular complexity index is 1210. The van der Waals surface area contributed by atoms with E-state index in [9.17, 15) is 14.3 Å². The summed E-state index contributed by atoms with van der Waals surface area (Å²) in [7, 11) is 2.08. The first-order valence-electron chi connectivity index (χ1n) is 11.4. The molecule has 1 fully saturated rings. The first-order chi connectivity index (χ1) is 17.3.